The molecule has 0 saturated heterocycles. The second-order valence-electron chi connectivity index (χ2n) is 2.88. The van der Waals surface area contributed by atoms with Crippen LogP contribution in [0.15, 0.2) is 30.3 Å². The molecule has 0 aliphatic rings. The summed E-state index contributed by atoms with van der Waals surface area (Å²) in [5.74, 6) is 0. The Morgan fingerprint density at radius 3 is 3.00 bits per heavy atom. The van der Waals surface area contributed by atoms with Crippen molar-refractivity contribution in [1.82, 2.24) is 15.2 Å². The van der Waals surface area contributed by atoms with E-state index in [1.807, 2.05) is 18.2 Å². The van der Waals surface area contributed by atoms with Crippen LogP contribution in [0.1, 0.15) is 0 Å². The van der Waals surface area contributed by atoms with E-state index in [9.17, 15) is 0 Å². The molecule has 0 amide bonds. The Labute approximate surface area is 84.4 Å². The summed E-state index contributed by atoms with van der Waals surface area (Å²) in [5.41, 5.74) is 1.88. The minimum absolute atomic E-state index is 0.853. The predicted octanol–water partition coefficient (Wildman–Crippen LogP) is 2.49. The number of aromatic nitrogens is 3. The molecule has 0 bridgehead atoms. The number of nitrogens with one attached hydrogen (secondary N) is 1. The molecule has 0 fully saturated rings. The first kappa shape index (κ1) is 7.70. The maximum absolute atomic E-state index is 4.47. The van der Waals surface area contributed by atoms with Gasteiger partial charge in [-0.3, -0.25) is 5.10 Å². The third kappa shape index (κ3) is 1.12. The van der Waals surface area contributed by atoms with Crippen molar-refractivity contribution in [1.29, 1.82) is 0 Å². The number of H-pyrrole nitrogens is 1. The SMILES string of the molecule is [c]1cc(-c2nc3ccccc3s2)n[nH]1. The van der Waals surface area contributed by atoms with Crippen molar-refractivity contribution in [2.24, 2.45) is 0 Å². The van der Waals surface area contributed by atoms with E-state index in [-0.39, 0.29) is 0 Å². The van der Waals surface area contributed by atoms with Crippen molar-refractivity contribution in [3.8, 4) is 10.7 Å². The molecule has 1 aromatic carbocycles. The van der Waals surface area contributed by atoms with Gasteiger partial charge in [0, 0.05) is 0 Å². The molecule has 2 aromatic heterocycles. The van der Waals surface area contributed by atoms with Gasteiger partial charge in [-0.15, -0.1) is 11.3 Å². The van der Waals surface area contributed by atoms with Crippen LogP contribution < -0.4 is 0 Å². The first-order chi connectivity index (χ1) is 6.93. The lowest BCUT2D eigenvalue weighted by Crippen LogP contribution is -1.74. The lowest BCUT2D eigenvalue weighted by molar-refractivity contribution is 1.09. The maximum Gasteiger partial charge on any atom is 0.145 e. The molecule has 3 aromatic rings. The number of nitrogens with zero attached hydrogens (tertiary/aromatic N) is 2. The Kier molecular flexibility index (Phi) is 1.61. The van der Waals surface area contributed by atoms with E-state index in [0.29, 0.717) is 0 Å². The van der Waals surface area contributed by atoms with Crippen LogP contribution in [-0.2, 0) is 0 Å². The summed E-state index contributed by atoms with van der Waals surface area (Å²) >= 11 is 1.64. The van der Waals surface area contributed by atoms with Gasteiger partial charge in [-0.25, -0.2) is 4.98 Å². The first-order valence-electron chi connectivity index (χ1n) is 4.21. The lowest BCUT2D eigenvalue weighted by atomic mass is 10.3. The lowest BCUT2D eigenvalue weighted by Gasteiger charge is -1.82. The third-order valence-corrected chi connectivity index (χ3v) is 3.02. The minimum Gasteiger partial charge on any atom is -0.276 e. The molecule has 67 valence electrons. The molecule has 3 nitrogen and oxygen atoms in total. The highest BCUT2D eigenvalue weighted by Crippen LogP contribution is 2.28. The average molecular weight is 200 g/mol. The molecule has 14 heavy (non-hydrogen) atoms. The largest absolute Gasteiger partial charge is 0.276 e. The Morgan fingerprint density at radius 2 is 2.21 bits per heavy atom. The zero-order valence-electron chi connectivity index (χ0n) is 7.19. The van der Waals surface area contributed by atoms with Gasteiger partial charge in [0.25, 0.3) is 0 Å². The molecule has 0 atom stereocenters. The van der Waals surface area contributed by atoms with Gasteiger partial charge in [0.05, 0.1) is 16.4 Å². The maximum atomic E-state index is 4.47. The predicted molar refractivity (Wildman–Crippen MR) is 56.0 cm³/mol. The fourth-order valence-electron chi connectivity index (χ4n) is 1.32. The van der Waals surface area contributed by atoms with E-state index < -0.39 is 0 Å². The number of benzene rings is 1. The zero-order valence-corrected chi connectivity index (χ0v) is 8.01. The summed E-state index contributed by atoms with van der Waals surface area (Å²) in [5, 5.41) is 7.65. The molecule has 2 heterocycles. The molecule has 0 saturated carbocycles. The third-order valence-electron chi connectivity index (χ3n) is 1.96. The number of hydrogen-bond acceptors (Lipinski definition) is 3. The highest BCUT2D eigenvalue weighted by atomic mass is 32.1. The minimum atomic E-state index is 0.853. The van der Waals surface area contributed by atoms with Gasteiger partial charge in [0.15, 0.2) is 0 Å². The second-order valence-corrected chi connectivity index (χ2v) is 3.91. The molecule has 3 rings (SSSR count). The Balaban J connectivity index is 2.24. The topological polar surface area (TPSA) is 41.6 Å². The van der Waals surface area contributed by atoms with E-state index in [1.54, 1.807) is 17.4 Å². The fourth-order valence-corrected chi connectivity index (χ4v) is 2.24. The number of para-hydroxylation sites is 1. The normalized spacial score (nSPS) is 10.9. The molecule has 0 aliphatic heterocycles. The van der Waals surface area contributed by atoms with Gasteiger partial charge in [-0.2, -0.15) is 5.10 Å². The van der Waals surface area contributed by atoms with Crippen molar-refractivity contribution in [3.63, 3.8) is 0 Å². The van der Waals surface area contributed by atoms with Crippen LogP contribution in [0.4, 0.5) is 0 Å². The van der Waals surface area contributed by atoms with Gasteiger partial charge in [-0.1, -0.05) is 12.1 Å². The zero-order chi connectivity index (χ0) is 9.38. The van der Waals surface area contributed by atoms with Gasteiger partial charge >= 0.3 is 0 Å². The highest BCUT2D eigenvalue weighted by Gasteiger charge is 2.06. The van der Waals surface area contributed by atoms with E-state index >= 15 is 0 Å². The number of hydrogen-bond donors (Lipinski definition) is 1. The van der Waals surface area contributed by atoms with Crippen LogP contribution in [0.2, 0.25) is 0 Å². The summed E-state index contributed by atoms with van der Waals surface area (Å²) < 4.78 is 1.19. The standard InChI is InChI=1S/C10H6N3S/c1-2-4-9-7(3-1)12-10(14-9)8-5-6-11-13-8/h1-5H,(H,11,13). The van der Waals surface area contributed by atoms with Crippen LogP contribution in [-0.4, -0.2) is 15.2 Å². The number of aromatic amines is 1. The van der Waals surface area contributed by atoms with Crippen LogP contribution >= 0.6 is 11.3 Å². The van der Waals surface area contributed by atoms with Crippen molar-refractivity contribution < 1.29 is 0 Å². The van der Waals surface area contributed by atoms with E-state index in [0.717, 1.165) is 16.2 Å². The highest BCUT2D eigenvalue weighted by molar-refractivity contribution is 7.21. The van der Waals surface area contributed by atoms with E-state index in [4.69, 9.17) is 0 Å². The van der Waals surface area contributed by atoms with Crippen LogP contribution in [0, 0.1) is 6.20 Å². The van der Waals surface area contributed by atoms with Crippen LogP contribution in [0.25, 0.3) is 20.9 Å². The molecule has 1 radical (unpaired) electrons. The first-order valence-corrected chi connectivity index (χ1v) is 5.02. The Bertz CT molecular complexity index is 521. The van der Waals surface area contributed by atoms with Gasteiger partial charge in [-0.05, 0) is 18.2 Å². The quantitative estimate of drug-likeness (QED) is 0.655. The average Bonchev–Trinajstić information content (AvgIpc) is 2.86. The van der Waals surface area contributed by atoms with Crippen molar-refractivity contribution in [2.75, 3.05) is 0 Å². The monoisotopic (exact) mass is 200 g/mol. The van der Waals surface area contributed by atoms with E-state index in [2.05, 4.69) is 27.4 Å². The molecule has 0 unspecified atom stereocenters. The number of rotatable bonds is 1. The smallest absolute Gasteiger partial charge is 0.145 e. The Hall–Kier alpha value is -1.68. The van der Waals surface area contributed by atoms with Crippen molar-refractivity contribution in [2.45, 2.75) is 0 Å². The number of thiazole rings is 1. The summed E-state index contributed by atoms with van der Waals surface area (Å²) in [7, 11) is 0. The van der Waals surface area contributed by atoms with Crippen LogP contribution in [0.5, 0.6) is 0 Å². The molecule has 0 spiro atoms. The van der Waals surface area contributed by atoms with Gasteiger partial charge < -0.3 is 0 Å². The molecular formula is C10H6N3S. The van der Waals surface area contributed by atoms with Gasteiger partial charge in [0.1, 0.15) is 10.7 Å². The summed E-state index contributed by atoms with van der Waals surface area (Å²) in [6.45, 7) is 0. The summed E-state index contributed by atoms with van der Waals surface area (Å²) in [4.78, 5) is 4.47. The molecule has 0 aliphatic carbocycles. The Morgan fingerprint density at radius 1 is 1.29 bits per heavy atom. The van der Waals surface area contributed by atoms with Crippen molar-refractivity contribution in [3.05, 3.63) is 36.5 Å². The fraction of sp³-hybridized carbons (Fsp3) is 0. The van der Waals surface area contributed by atoms with Crippen molar-refractivity contribution >= 4 is 21.6 Å². The van der Waals surface area contributed by atoms with Crippen LogP contribution in [0.3, 0.4) is 0 Å². The molecule has 1 N–H and O–H groups in total. The summed E-state index contributed by atoms with van der Waals surface area (Å²) in [6.07, 6.45) is 2.80. The summed E-state index contributed by atoms with van der Waals surface area (Å²) in [6, 6.07) is 9.87. The van der Waals surface area contributed by atoms with E-state index in [1.165, 1.54) is 4.70 Å². The van der Waals surface area contributed by atoms with Gasteiger partial charge in [0.2, 0.25) is 0 Å². The molecular weight excluding hydrogens is 194 g/mol. The number of fused-ring (bicyclic) bond motifs is 1. The second kappa shape index (κ2) is 2.92. The molecule has 4 heteroatoms.